The Bertz CT molecular complexity index is 2110. The Kier molecular flexibility index (Phi) is 10.7. The molecule has 3 heterocycles. The molecule has 4 aromatic rings. The summed E-state index contributed by atoms with van der Waals surface area (Å²) < 4.78 is 41.0. The van der Waals surface area contributed by atoms with Gasteiger partial charge in [-0.25, -0.2) is 9.97 Å². The van der Waals surface area contributed by atoms with Gasteiger partial charge in [0, 0.05) is 24.3 Å². The number of rotatable bonds is 8. The zero-order valence-corrected chi connectivity index (χ0v) is 29.4. The van der Waals surface area contributed by atoms with Gasteiger partial charge in [-0.2, -0.15) is 13.2 Å². The minimum absolute atomic E-state index is 0.0661. The van der Waals surface area contributed by atoms with Crippen molar-refractivity contribution in [3.63, 3.8) is 0 Å². The van der Waals surface area contributed by atoms with Crippen molar-refractivity contribution >= 4 is 46.3 Å². The van der Waals surface area contributed by atoms with Crippen LogP contribution in [0.3, 0.4) is 0 Å². The summed E-state index contributed by atoms with van der Waals surface area (Å²) in [6.45, 7) is 6.39. The van der Waals surface area contributed by atoms with Gasteiger partial charge in [0.25, 0.3) is 5.91 Å². The number of carbonyl (C=O) groups excluding carboxylic acids is 2. The summed E-state index contributed by atoms with van der Waals surface area (Å²) >= 11 is 6.08. The molecular formula is C35H36ClF3N8O5. The van der Waals surface area contributed by atoms with Crippen molar-refractivity contribution in [2.24, 2.45) is 10.2 Å². The van der Waals surface area contributed by atoms with Crippen molar-refractivity contribution in [3.8, 4) is 5.75 Å². The molecule has 5 rings (SSSR count). The van der Waals surface area contributed by atoms with Crippen molar-refractivity contribution < 1.29 is 33.0 Å². The van der Waals surface area contributed by atoms with Crippen molar-refractivity contribution in [1.29, 1.82) is 0 Å². The maximum absolute atomic E-state index is 13.9. The highest BCUT2D eigenvalue weighted by atomic mass is 35.5. The smallest absolute Gasteiger partial charge is 0.416 e. The van der Waals surface area contributed by atoms with Gasteiger partial charge in [0.2, 0.25) is 11.3 Å². The summed E-state index contributed by atoms with van der Waals surface area (Å²) in [5.41, 5.74) is 5.19. The molecule has 274 valence electrons. The Morgan fingerprint density at radius 2 is 1.67 bits per heavy atom. The van der Waals surface area contributed by atoms with Crippen LogP contribution in [0.1, 0.15) is 71.2 Å². The number of nitrogens with one attached hydrogen (secondary N) is 1. The average molecular weight is 741 g/mol. The Morgan fingerprint density at radius 1 is 1.04 bits per heavy atom. The van der Waals surface area contributed by atoms with Gasteiger partial charge in [-0.15, -0.1) is 10.2 Å². The van der Waals surface area contributed by atoms with Crippen LogP contribution in [0.2, 0.25) is 5.02 Å². The van der Waals surface area contributed by atoms with Crippen LogP contribution in [-0.4, -0.2) is 54.6 Å². The molecule has 13 nitrogen and oxygen atoms in total. The molecule has 0 atom stereocenters. The van der Waals surface area contributed by atoms with Gasteiger partial charge >= 0.3 is 6.18 Å². The topological polar surface area (TPSA) is 188 Å². The number of likely N-dealkylation sites (tertiary alicyclic amines) is 1. The summed E-state index contributed by atoms with van der Waals surface area (Å²) in [6.07, 6.45) is -2.77. The number of aliphatic hydroxyl groups is 1. The number of amides is 2. The molecule has 1 fully saturated rings. The van der Waals surface area contributed by atoms with Crippen molar-refractivity contribution in [2.45, 2.75) is 64.8 Å². The number of alkyl halides is 3. The third kappa shape index (κ3) is 8.07. The number of nitrogens with zero attached hydrogens (tertiary/aromatic N) is 6. The molecule has 0 saturated carbocycles. The van der Waals surface area contributed by atoms with Gasteiger partial charge in [0.05, 0.1) is 33.3 Å². The van der Waals surface area contributed by atoms with Gasteiger partial charge < -0.3 is 30.7 Å². The average Bonchev–Trinajstić information content (AvgIpc) is 3.08. The van der Waals surface area contributed by atoms with E-state index in [2.05, 4.69) is 25.5 Å². The molecule has 0 radical (unpaired) electrons. The van der Waals surface area contributed by atoms with Crippen LogP contribution in [0, 0.1) is 13.8 Å². The number of hydrogen-bond donors (Lipinski definition) is 4. The lowest BCUT2D eigenvalue weighted by Crippen LogP contribution is -2.39. The number of benzene rings is 2. The number of piperidine rings is 1. The van der Waals surface area contributed by atoms with Crippen LogP contribution in [0.4, 0.5) is 36.1 Å². The van der Waals surface area contributed by atoms with E-state index in [0.29, 0.717) is 41.4 Å². The Morgan fingerprint density at radius 3 is 2.27 bits per heavy atom. The van der Waals surface area contributed by atoms with Gasteiger partial charge in [-0.05, 0) is 82.3 Å². The fourth-order valence-electron chi connectivity index (χ4n) is 5.95. The number of pyridine rings is 1. The van der Waals surface area contributed by atoms with Crippen molar-refractivity contribution in [2.75, 3.05) is 24.1 Å². The predicted octanol–water partition coefficient (Wildman–Crippen LogP) is 6.52. The summed E-state index contributed by atoms with van der Waals surface area (Å²) in [4.78, 5) is 49.8. The molecule has 0 unspecified atom stereocenters. The first-order chi connectivity index (χ1) is 24.4. The largest absolute Gasteiger partial charge is 0.504 e. The molecule has 0 bridgehead atoms. The molecule has 2 aromatic heterocycles. The lowest BCUT2D eigenvalue weighted by Gasteiger charge is -2.33. The molecule has 17 heteroatoms. The second-order valence-corrected chi connectivity index (χ2v) is 13.3. The monoisotopic (exact) mass is 740 g/mol. The first-order valence-electron chi connectivity index (χ1n) is 16.1. The van der Waals surface area contributed by atoms with E-state index in [1.54, 1.807) is 52.0 Å². The van der Waals surface area contributed by atoms with Crippen molar-refractivity contribution in [1.82, 2.24) is 19.4 Å². The standard InChI is InChI=1S/C35H36ClF3N8O5/c1-18-30(49)29(42-17-41-18)33(51)46-13-11-20(12-14-46)27-19(2)47(16-26(48)43-25-10-7-22(15-24(25)36)35(37,38)39)32(28(40)31(27)50)45-44-23-8-5-21(6-9-23)34(3,4)52/h5-10,15,17,20,49,52H,11-14,16,40H2,1-4H3,(H,43,48). The fourth-order valence-corrected chi connectivity index (χ4v) is 6.18. The summed E-state index contributed by atoms with van der Waals surface area (Å²) in [5.74, 6) is -2.02. The molecule has 0 spiro atoms. The molecular weight excluding hydrogens is 705 g/mol. The molecule has 52 heavy (non-hydrogen) atoms. The maximum atomic E-state index is 13.9. The molecule has 1 aliphatic heterocycles. The van der Waals surface area contributed by atoms with Crippen molar-refractivity contribution in [3.05, 3.63) is 97.8 Å². The van der Waals surface area contributed by atoms with Crippen LogP contribution >= 0.6 is 11.6 Å². The van der Waals surface area contributed by atoms with Gasteiger partial charge in [0.1, 0.15) is 18.6 Å². The highest BCUT2D eigenvalue weighted by Crippen LogP contribution is 2.36. The summed E-state index contributed by atoms with van der Waals surface area (Å²) in [6, 6.07) is 9.05. The van der Waals surface area contributed by atoms with E-state index in [0.717, 1.165) is 12.1 Å². The van der Waals surface area contributed by atoms with E-state index >= 15 is 0 Å². The number of anilines is 2. The van der Waals surface area contributed by atoms with Gasteiger partial charge in [-0.1, -0.05) is 23.7 Å². The summed E-state index contributed by atoms with van der Waals surface area (Å²) in [5, 5.41) is 31.3. The molecule has 1 saturated heterocycles. The molecule has 2 amide bonds. The molecule has 5 N–H and O–H groups in total. The quantitative estimate of drug-likeness (QED) is 0.147. The third-order valence-corrected chi connectivity index (χ3v) is 9.20. The minimum atomic E-state index is -4.64. The lowest BCUT2D eigenvalue weighted by atomic mass is 9.87. The number of aryl methyl sites for hydroxylation is 1. The van der Waals surface area contributed by atoms with E-state index in [1.165, 1.54) is 15.8 Å². The number of carbonyl (C=O) groups is 2. The van der Waals surface area contributed by atoms with Crippen LogP contribution in [0.5, 0.6) is 5.75 Å². The van der Waals surface area contributed by atoms with Crippen LogP contribution in [-0.2, 0) is 23.1 Å². The number of nitrogens with two attached hydrogens (primary N) is 1. The Hall–Kier alpha value is -5.35. The van der Waals surface area contributed by atoms with Crippen LogP contribution in [0.15, 0.2) is 63.8 Å². The first-order valence-corrected chi connectivity index (χ1v) is 16.5. The Labute approximate surface area is 301 Å². The second-order valence-electron chi connectivity index (χ2n) is 12.9. The number of azo groups is 1. The lowest BCUT2D eigenvalue weighted by molar-refractivity contribution is -0.137. The molecule has 0 aliphatic carbocycles. The number of halogens is 4. The fraction of sp³-hybridized carbons (Fsp3) is 0.343. The molecule has 2 aromatic carbocycles. The Balaban J connectivity index is 1.48. The molecule has 1 aliphatic rings. The SMILES string of the molecule is Cc1ncnc(C(=O)N2CCC(c3c(C)n(CC(=O)Nc4ccc(C(F)(F)F)cc4Cl)c(N=Nc4ccc(C(C)(C)O)cc4)c(N)c3=O)CC2)c1O. The van der Waals surface area contributed by atoms with Gasteiger partial charge in [0.15, 0.2) is 17.3 Å². The van der Waals surface area contributed by atoms with Gasteiger partial charge in [-0.3, -0.25) is 14.4 Å². The van der Waals surface area contributed by atoms with E-state index in [-0.39, 0.29) is 52.4 Å². The predicted molar refractivity (Wildman–Crippen MR) is 187 cm³/mol. The number of hydrogen-bond acceptors (Lipinski definition) is 10. The number of aromatic hydroxyl groups is 1. The van der Waals surface area contributed by atoms with Crippen LogP contribution < -0.4 is 16.5 Å². The highest BCUT2D eigenvalue weighted by molar-refractivity contribution is 6.33. The zero-order chi connectivity index (χ0) is 38.1. The second kappa shape index (κ2) is 14.7. The highest BCUT2D eigenvalue weighted by Gasteiger charge is 2.33. The number of aromatic nitrogens is 3. The van der Waals surface area contributed by atoms with E-state index < -0.39 is 47.0 Å². The summed E-state index contributed by atoms with van der Waals surface area (Å²) in [7, 11) is 0. The maximum Gasteiger partial charge on any atom is 0.416 e. The van der Waals surface area contributed by atoms with E-state index in [1.807, 2.05) is 0 Å². The number of nitrogen functional groups attached to an aromatic ring is 1. The first kappa shape index (κ1) is 37.9. The minimum Gasteiger partial charge on any atom is -0.504 e. The normalized spacial score (nSPS) is 14.2. The third-order valence-electron chi connectivity index (χ3n) is 8.88. The van der Waals surface area contributed by atoms with E-state index in [9.17, 15) is 37.8 Å². The van der Waals surface area contributed by atoms with Crippen LogP contribution in [0.25, 0.3) is 0 Å². The zero-order valence-electron chi connectivity index (χ0n) is 28.6. The van der Waals surface area contributed by atoms with E-state index in [4.69, 9.17) is 17.3 Å².